The lowest BCUT2D eigenvalue weighted by Gasteiger charge is -2.05. The van der Waals surface area contributed by atoms with E-state index in [0.717, 1.165) is 18.5 Å². The first-order valence-electron chi connectivity index (χ1n) is 9.63. The van der Waals surface area contributed by atoms with Gasteiger partial charge in [-0.25, -0.2) is 0 Å². The molecule has 1 aromatic heterocycles. The Morgan fingerprint density at radius 3 is 2.19 bits per heavy atom. The molecule has 0 fully saturated rings. The van der Waals surface area contributed by atoms with Crippen LogP contribution in [0, 0.1) is 0 Å². The van der Waals surface area contributed by atoms with Crippen molar-refractivity contribution < 1.29 is 9.36 Å². The van der Waals surface area contributed by atoms with E-state index < -0.39 is 0 Å². The number of unbranched alkanes of at least 4 members (excludes halogenated alkanes) is 1. The topological polar surface area (TPSA) is 33.0 Å². The van der Waals surface area contributed by atoms with Gasteiger partial charge in [-0.2, -0.15) is 4.57 Å². The lowest BCUT2D eigenvalue weighted by atomic mass is 10.1. The highest BCUT2D eigenvalue weighted by Gasteiger charge is 2.10. The van der Waals surface area contributed by atoms with E-state index in [0.29, 0.717) is 6.54 Å². The molecule has 1 N–H and O–H groups in total. The summed E-state index contributed by atoms with van der Waals surface area (Å²) in [6, 6.07) is 22.7. The predicted octanol–water partition coefficient (Wildman–Crippen LogP) is 4.55. The Hall–Kier alpha value is -2.94. The van der Waals surface area contributed by atoms with Crippen LogP contribution >= 0.6 is 0 Å². The van der Waals surface area contributed by atoms with Crippen LogP contribution in [0.5, 0.6) is 0 Å². The largest absolute Gasteiger partial charge is 0.321 e. The van der Waals surface area contributed by atoms with Crippen molar-refractivity contribution in [2.45, 2.75) is 39.2 Å². The van der Waals surface area contributed by atoms with E-state index in [9.17, 15) is 4.79 Å². The lowest BCUT2D eigenvalue weighted by Crippen LogP contribution is -2.39. The van der Waals surface area contributed by atoms with E-state index in [1.54, 1.807) is 0 Å². The van der Waals surface area contributed by atoms with Gasteiger partial charge in [-0.3, -0.25) is 4.79 Å². The number of amides is 1. The minimum absolute atomic E-state index is 0.0166. The van der Waals surface area contributed by atoms with Gasteiger partial charge in [-0.15, -0.1) is 0 Å². The summed E-state index contributed by atoms with van der Waals surface area (Å²) in [4.78, 5) is 12.3. The quantitative estimate of drug-likeness (QED) is 0.588. The maximum atomic E-state index is 12.3. The summed E-state index contributed by atoms with van der Waals surface area (Å²) < 4.78 is 1.90. The van der Waals surface area contributed by atoms with Gasteiger partial charge in [0, 0.05) is 17.8 Å². The monoisotopic (exact) mass is 359 g/mol. The van der Waals surface area contributed by atoms with E-state index in [2.05, 4.69) is 60.8 Å². The van der Waals surface area contributed by atoms with Crippen LogP contribution in [0.25, 0.3) is 0 Å². The highest BCUT2D eigenvalue weighted by molar-refractivity contribution is 5.89. The molecule has 3 rings (SSSR count). The smallest absolute Gasteiger partial charge is 0.290 e. The van der Waals surface area contributed by atoms with Gasteiger partial charge < -0.3 is 5.32 Å². The average molecular weight is 359 g/mol. The fourth-order valence-electron chi connectivity index (χ4n) is 3.05. The first-order valence-corrected chi connectivity index (χ1v) is 9.63. The van der Waals surface area contributed by atoms with Crippen molar-refractivity contribution in [3.63, 3.8) is 0 Å². The number of rotatable bonds is 8. The molecule has 0 radical (unpaired) electrons. The number of pyridine rings is 1. The number of benzene rings is 2. The maximum Gasteiger partial charge on any atom is 0.290 e. The summed E-state index contributed by atoms with van der Waals surface area (Å²) in [5.41, 5.74) is 4.69. The van der Waals surface area contributed by atoms with Crippen molar-refractivity contribution in [3.8, 4) is 0 Å². The molecule has 0 aliphatic rings. The molecule has 0 bridgehead atoms. The second-order valence-corrected chi connectivity index (χ2v) is 6.89. The zero-order valence-electron chi connectivity index (χ0n) is 15.9. The summed E-state index contributed by atoms with van der Waals surface area (Å²) in [7, 11) is 0. The molecule has 27 heavy (non-hydrogen) atoms. The normalized spacial score (nSPS) is 10.6. The molecule has 0 unspecified atom stereocenters. The molecule has 0 aliphatic carbocycles. The minimum Gasteiger partial charge on any atom is -0.321 e. The Labute approximate surface area is 161 Å². The molecule has 3 nitrogen and oxygen atoms in total. The standard InChI is InChI=1S/C24H26N2O/c1-2-3-7-20-10-12-23(13-11-20)25-24(27)19-26-16-14-22(15-17-26)18-21-8-5-4-6-9-21/h4-6,8-17H,2-3,7,18-19H2,1H3/p+1. The molecule has 0 saturated carbocycles. The number of anilines is 1. The average Bonchev–Trinajstić information content (AvgIpc) is 2.70. The van der Waals surface area contributed by atoms with Crippen molar-refractivity contribution in [1.82, 2.24) is 0 Å². The predicted molar refractivity (Wildman–Crippen MR) is 110 cm³/mol. The summed E-state index contributed by atoms with van der Waals surface area (Å²) in [6.07, 6.45) is 8.31. The number of nitrogens with zero attached hydrogens (tertiary/aromatic N) is 1. The van der Waals surface area contributed by atoms with Gasteiger partial charge in [0.25, 0.3) is 5.91 Å². The van der Waals surface area contributed by atoms with Crippen molar-refractivity contribution >= 4 is 11.6 Å². The van der Waals surface area contributed by atoms with Crippen LogP contribution in [-0.2, 0) is 24.2 Å². The molecular formula is C24H27N2O+. The van der Waals surface area contributed by atoms with Crippen LogP contribution in [0.1, 0.15) is 36.5 Å². The summed E-state index contributed by atoms with van der Waals surface area (Å²) in [5, 5.41) is 2.97. The Morgan fingerprint density at radius 2 is 1.52 bits per heavy atom. The molecule has 1 heterocycles. The Bertz CT molecular complexity index is 840. The van der Waals surface area contributed by atoms with E-state index in [1.165, 1.54) is 29.5 Å². The summed E-state index contributed by atoms with van der Waals surface area (Å²) >= 11 is 0. The van der Waals surface area contributed by atoms with Crippen molar-refractivity contribution in [1.29, 1.82) is 0 Å². The van der Waals surface area contributed by atoms with Crippen LogP contribution in [0.2, 0.25) is 0 Å². The number of hydrogen-bond acceptors (Lipinski definition) is 1. The highest BCUT2D eigenvalue weighted by Crippen LogP contribution is 2.12. The molecule has 138 valence electrons. The molecule has 0 atom stereocenters. The van der Waals surface area contributed by atoms with Gasteiger partial charge in [0.1, 0.15) is 0 Å². The summed E-state index contributed by atoms with van der Waals surface area (Å²) in [5.74, 6) is -0.0166. The molecular weight excluding hydrogens is 332 g/mol. The van der Waals surface area contributed by atoms with E-state index in [1.807, 2.05) is 35.2 Å². The number of carbonyl (C=O) groups excluding carboxylic acids is 1. The van der Waals surface area contributed by atoms with Crippen molar-refractivity contribution in [2.24, 2.45) is 0 Å². The van der Waals surface area contributed by atoms with Crippen LogP contribution < -0.4 is 9.88 Å². The van der Waals surface area contributed by atoms with Gasteiger partial charge >= 0.3 is 0 Å². The van der Waals surface area contributed by atoms with Gasteiger partial charge in [-0.1, -0.05) is 55.8 Å². The van der Waals surface area contributed by atoms with Crippen molar-refractivity contribution in [3.05, 3.63) is 95.8 Å². The number of hydrogen-bond donors (Lipinski definition) is 1. The van der Waals surface area contributed by atoms with Crippen molar-refractivity contribution in [2.75, 3.05) is 5.32 Å². The number of aryl methyl sites for hydroxylation is 1. The molecule has 3 aromatic rings. The third-order valence-electron chi connectivity index (χ3n) is 4.59. The first-order chi connectivity index (χ1) is 13.2. The van der Waals surface area contributed by atoms with Crippen LogP contribution in [0.15, 0.2) is 79.1 Å². The number of aromatic nitrogens is 1. The van der Waals surface area contributed by atoms with Crippen LogP contribution in [-0.4, -0.2) is 5.91 Å². The maximum absolute atomic E-state index is 12.3. The van der Waals surface area contributed by atoms with Gasteiger partial charge in [0.05, 0.1) is 0 Å². The molecule has 1 amide bonds. The Balaban J connectivity index is 1.51. The fourth-order valence-corrected chi connectivity index (χ4v) is 3.05. The highest BCUT2D eigenvalue weighted by atomic mass is 16.1. The van der Waals surface area contributed by atoms with E-state index in [4.69, 9.17) is 0 Å². The molecule has 0 saturated heterocycles. The molecule has 3 heteroatoms. The first kappa shape index (κ1) is 18.8. The van der Waals surface area contributed by atoms with E-state index in [-0.39, 0.29) is 5.91 Å². The minimum atomic E-state index is -0.0166. The lowest BCUT2D eigenvalue weighted by molar-refractivity contribution is -0.684. The van der Waals surface area contributed by atoms with Gasteiger partial charge in [-0.05, 0) is 48.1 Å². The second kappa shape index (κ2) is 9.67. The Kier molecular flexibility index (Phi) is 6.75. The van der Waals surface area contributed by atoms with Crippen LogP contribution in [0.3, 0.4) is 0 Å². The molecule has 0 spiro atoms. The molecule has 2 aromatic carbocycles. The zero-order chi connectivity index (χ0) is 18.9. The van der Waals surface area contributed by atoms with Gasteiger partial charge in [0.2, 0.25) is 6.54 Å². The SMILES string of the molecule is CCCCc1ccc(NC(=O)C[n+]2ccc(Cc3ccccc3)cc2)cc1. The van der Waals surface area contributed by atoms with Gasteiger partial charge in [0.15, 0.2) is 12.4 Å². The third-order valence-corrected chi connectivity index (χ3v) is 4.59. The molecule has 0 aliphatic heterocycles. The zero-order valence-corrected chi connectivity index (χ0v) is 15.9. The number of nitrogens with one attached hydrogen (secondary N) is 1. The summed E-state index contributed by atoms with van der Waals surface area (Å²) in [6.45, 7) is 2.50. The van der Waals surface area contributed by atoms with E-state index >= 15 is 0 Å². The third kappa shape index (κ3) is 6.07. The number of carbonyl (C=O) groups is 1. The fraction of sp³-hybridized carbons (Fsp3) is 0.250. The second-order valence-electron chi connectivity index (χ2n) is 6.89. The van der Waals surface area contributed by atoms with Crippen LogP contribution in [0.4, 0.5) is 5.69 Å². The Morgan fingerprint density at radius 1 is 0.852 bits per heavy atom.